The summed E-state index contributed by atoms with van der Waals surface area (Å²) in [6.07, 6.45) is 0. The Hall–Kier alpha value is -1.46. The molecule has 0 spiro atoms. The number of phenolic OH excluding ortho intramolecular Hbond substituents is 1. The van der Waals surface area contributed by atoms with Crippen LogP contribution in [0.25, 0.3) is 0 Å². The van der Waals surface area contributed by atoms with E-state index in [1.165, 1.54) is 18.2 Å². The average molecular weight is 289 g/mol. The van der Waals surface area contributed by atoms with Crippen LogP contribution in [0.2, 0.25) is 0 Å². The smallest absolute Gasteiger partial charge is 0.338 e. The largest absolute Gasteiger partial charge is 0.506 e. The number of likely N-dealkylation sites (N-methyl/N-ethyl adjacent to an activating group) is 1. The summed E-state index contributed by atoms with van der Waals surface area (Å²) >= 11 is 0. The molecule has 1 rings (SSSR count). The van der Waals surface area contributed by atoms with E-state index >= 15 is 0 Å². The molecule has 0 aromatic heterocycles. The molecule has 6 heteroatoms. The lowest BCUT2D eigenvalue weighted by atomic mass is 10.2. The van der Waals surface area contributed by atoms with Gasteiger partial charge in [0.05, 0.1) is 11.3 Å². The van der Waals surface area contributed by atoms with E-state index in [-0.39, 0.29) is 23.8 Å². The number of carbonyl (C=O) groups excluding carboxylic acids is 1. The van der Waals surface area contributed by atoms with Gasteiger partial charge in [0.2, 0.25) is 0 Å². The molecular formula is C13H21ClN2O3. The highest BCUT2D eigenvalue weighted by Gasteiger charge is 2.09. The third-order valence-electron chi connectivity index (χ3n) is 2.80. The van der Waals surface area contributed by atoms with E-state index in [1.54, 1.807) is 0 Å². The molecule has 0 saturated heterocycles. The minimum atomic E-state index is -0.422. The summed E-state index contributed by atoms with van der Waals surface area (Å²) in [5, 5.41) is 9.25. The molecule has 0 aliphatic carbocycles. The van der Waals surface area contributed by atoms with Crippen molar-refractivity contribution in [1.29, 1.82) is 0 Å². The fourth-order valence-electron chi connectivity index (χ4n) is 1.57. The van der Waals surface area contributed by atoms with Crippen molar-refractivity contribution in [1.82, 2.24) is 4.90 Å². The van der Waals surface area contributed by atoms with Crippen LogP contribution in [0.5, 0.6) is 5.75 Å². The summed E-state index contributed by atoms with van der Waals surface area (Å²) in [6.45, 7) is 7.05. The number of aromatic hydroxyl groups is 1. The number of halogens is 1. The molecule has 1 aromatic carbocycles. The zero-order chi connectivity index (χ0) is 13.5. The number of hydrogen-bond donors (Lipinski definition) is 2. The molecule has 0 bridgehead atoms. The van der Waals surface area contributed by atoms with Gasteiger partial charge in [-0.05, 0) is 31.3 Å². The first kappa shape index (κ1) is 17.5. The molecule has 0 radical (unpaired) electrons. The van der Waals surface area contributed by atoms with Crippen molar-refractivity contribution < 1.29 is 14.6 Å². The van der Waals surface area contributed by atoms with Crippen LogP contribution < -0.4 is 5.73 Å². The zero-order valence-electron chi connectivity index (χ0n) is 11.3. The van der Waals surface area contributed by atoms with Gasteiger partial charge in [-0.1, -0.05) is 13.8 Å². The minimum absolute atomic E-state index is 0. The number of nitrogens with two attached hydrogens (primary N) is 1. The van der Waals surface area contributed by atoms with Crippen LogP contribution in [-0.4, -0.2) is 42.2 Å². The molecule has 0 fully saturated rings. The van der Waals surface area contributed by atoms with Crippen molar-refractivity contribution >= 4 is 24.1 Å². The minimum Gasteiger partial charge on any atom is -0.506 e. The Morgan fingerprint density at radius 2 is 2.00 bits per heavy atom. The predicted molar refractivity (Wildman–Crippen MR) is 77.8 cm³/mol. The number of benzene rings is 1. The second-order valence-electron chi connectivity index (χ2n) is 3.94. The summed E-state index contributed by atoms with van der Waals surface area (Å²) in [6, 6.07) is 4.29. The van der Waals surface area contributed by atoms with Gasteiger partial charge in [0.1, 0.15) is 12.4 Å². The van der Waals surface area contributed by atoms with Crippen molar-refractivity contribution in [3.8, 4) is 5.75 Å². The molecule has 0 heterocycles. The number of carbonyl (C=O) groups is 1. The lowest BCUT2D eigenvalue weighted by molar-refractivity contribution is 0.0466. The molecule has 1 aromatic rings. The fraction of sp³-hybridized carbons (Fsp3) is 0.462. The highest BCUT2D eigenvalue weighted by atomic mass is 35.5. The van der Waals surface area contributed by atoms with Crippen LogP contribution in [0.1, 0.15) is 24.2 Å². The maximum absolute atomic E-state index is 11.7. The van der Waals surface area contributed by atoms with E-state index in [0.29, 0.717) is 18.7 Å². The van der Waals surface area contributed by atoms with Gasteiger partial charge in [-0.25, -0.2) is 4.79 Å². The normalized spacial score (nSPS) is 10.1. The van der Waals surface area contributed by atoms with Crippen LogP contribution >= 0.6 is 12.4 Å². The van der Waals surface area contributed by atoms with Crippen LogP contribution in [0.3, 0.4) is 0 Å². The maximum atomic E-state index is 11.7. The third kappa shape index (κ3) is 5.36. The summed E-state index contributed by atoms with van der Waals surface area (Å²) in [5.41, 5.74) is 6.04. The van der Waals surface area contributed by atoms with Crippen molar-refractivity contribution in [3.05, 3.63) is 23.8 Å². The Balaban J connectivity index is 0.00000324. The number of anilines is 1. The van der Waals surface area contributed by atoms with Gasteiger partial charge in [0.25, 0.3) is 0 Å². The molecule has 0 atom stereocenters. The van der Waals surface area contributed by atoms with Gasteiger partial charge in [-0.3, -0.25) is 0 Å². The Labute approximate surface area is 119 Å². The molecule has 19 heavy (non-hydrogen) atoms. The van der Waals surface area contributed by atoms with E-state index in [4.69, 9.17) is 10.5 Å². The highest BCUT2D eigenvalue weighted by molar-refractivity contribution is 5.91. The van der Waals surface area contributed by atoms with Crippen LogP contribution in [-0.2, 0) is 4.74 Å². The molecular weight excluding hydrogens is 268 g/mol. The van der Waals surface area contributed by atoms with E-state index in [0.717, 1.165) is 13.1 Å². The van der Waals surface area contributed by atoms with E-state index in [9.17, 15) is 9.90 Å². The molecule has 0 unspecified atom stereocenters. The molecule has 0 saturated carbocycles. The summed E-state index contributed by atoms with van der Waals surface area (Å²) in [7, 11) is 0. The summed E-state index contributed by atoms with van der Waals surface area (Å²) in [5.74, 6) is -0.455. The lowest BCUT2D eigenvalue weighted by Crippen LogP contribution is -2.27. The Kier molecular flexibility index (Phi) is 7.95. The van der Waals surface area contributed by atoms with Crippen molar-refractivity contribution in [2.24, 2.45) is 0 Å². The van der Waals surface area contributed by atoms with E-state index in [1.807, 2.05) is 0 Å². The quantitative estimate of drug-likeness (QED) is 0.475. The van der Waals surface area contributed by atoms with Gasteiger partial charge >= 0.3 is 5.97 Å². The highest BCUT2D eigenvalue weighted by Crippen LogP contribution is 2.20. The van der Waals surface area contributed by atoms with Crippen LogP contribution in [0, 0.1) is 0 Å². The van der Waals surface area contributed by atoms with E-state index < -0.39 is 5.97 Å². The Bertz CT molecular complexity index is 409. The van der Waals surface area contributed by atoms with Crippen LogP contribution in [0.15, 0.2) is 18.2 Å². The van der Waals surface area contributed by atoms with Crippen molar-refractivity contribution in [2.75, 3.05) is 32.0 Å². The average Bonchev–Trinajstić information content (AvgIpc) is 2.37. The molecule has 108 valence electrons. The lowest BCUT2D eigenvalue weighted by Gasteiger charge is -2.17. The third-order valence-corrected chi connectivity index (χ3v) is 2.80. The number of hydrogen-bond acceptors (Lipinski definition) is 5. The Morgan fingerprint density at radius 3 is 2.53 bits per heavy atom. The monoisotopic (exact) mass is 288 g/mol. The molecule has 0 aliphatic rings. The number of nitrogens with zero attached hydrogens (tertiary/aromatic N) is 1. The number of ether oxygens (including phenoxy) is 1. The van der Waals surface area contributed by atoms with Crippen molar-refractivity contribution in [3.63, 3.8) is 0 Å². The first-order chi connectivity index (χ1) is 8.58. The number of phenols is 1. The number of esters is 1. The topological polar surface area (TPSA) is 75.8 Å². The molecule has 5 nitrogen and oxygen atoms in total. The maximum Gasteiger partial charge on any atom is 0.338 e. The Morgan fingerprint density at radius 1 is 1.37 bits per heavy atom. The second kappa shape index (κ2) is 8.61. The first-order valence-corrected chi connectivity index (χ1v) is 6.06. The van der Waals surface area contributed by atoms with Gasteiger partial charge in [0, 0.05) is 6.54 Å². The van der Waals surface area contributed by atoms with Crippen molar-refractivity contribution in [2.45, 2.75) is 13.8 Å². The number of nitrogen functional groups attached to an aromatic ring is 1. The van der Waals surface area contributed by atoms with Gasteiger partial charge < -0.3 is 20.5 Å². The van der Waals surface area contributed by atoms with Gasteiger partial charge in [0.15, 0.2) is 0 Å². The number of rotatable bonds is 6. The fourth-order valence-corrected chi connectivity index (χ4v) is 1.57. The predicted octanol–water partition coefficient (Wildman–Crippen LogP) is 1.89. The summed E-state index contributed by atoms with van der Waals surface area (Å²) < 4.78 is 5.14. The molecule has 0 amide bonds. The standard InChI is InChI=1S/C13H20N2O3.ClH/c1-3-15(4-2)7-8-18-13(17)10-5-6-12(16)11(14)9-10;/h5-6,9,16H,3-4,7-8,14H2,1-2H3;1H. The van der Waals surface area contributed by atoms with Crippen LogP contribution in [0.4, 0.5) is 5.69 Å². The molecule has 3 N–H and O–H groups in total. The SMILES string of the molecule is CCN(CC)CCOC(=O)c1ccc(O)c(N)c1.Cl. The van der Waals surface area contributed by atoms with E-state index in [2.05, 4.69) is 18.7 Å². The van der Waals surface area contributed by atoms with Gasteiger partial charge in [-0.15, -0.1) is 12.4 Å². The second-order valence-corrected chi connectivity index (χ2v) is 3.94. The molecule has 0 aliphatic heterocycles. The summed E-state index contributed by atoms with van der Waals surface area (Å²) in [4.78, 5) is 13.9. The first-order valence-electron chi connectivity index (χ1n) is 6.06. The zero-order valence-corrected chi connectivity index (χ0v) is 12.1. The van der Waals surface area contributed by atoms with Gasteiger partial charge in [-0.2, -0.15) is 0 Å².